The van der Waals surface area contributed by atoms with E-state index >= 15 is 0 Å². The molecule has 0 unspecified atom stereocenters. The number of hydrogen-bond acceptors (Lipinski definition) is 6. The van der Waals surface area contributed by atoms with Crippen LogP contribution in [0.25, 0.3) is 10.9 Å². The van der Waals surface area contributed by atoms with Gasteiger partial charge in [0.05, 0.1) is 30.1 Å². The van der Waals surface area contributed by atoms with Gasteiger partial charge in [-0.25, -0.2) is 4.79 Å². The van der Waals surface area contributed by atoms with E-state index in [0.717, 1.165) is 18.8 Å². The standard InChI is InChI=1S/C20H18ClN3O4/c21-12-4-5-17(25)15(10-12)23-18-13-2-1-3-16(24-6-8-28-9-7-24)19(13)22-11-14(18)20(26)27/h1-5,10-11,25H,6-9H2,(H,22,23)(H,26,27)/p-1. The molecule has 1 aliphatic rings. The molecule has 4 rings (SSSR count). The number of fused-ring (bicyclic) bond motifs is 1. The number of para-hydroxylation sites is 1. The first-order valence-electron chi connectivity index (χ1n) is 8.76. The highest BCUT2D eigenvalue weighted by atomic mass is 35.5. The molecule has 1 aromatic heterocycles. The Morgan fingerprint density at radius 2 is 2.04 bits per heavy atom. The molecule has 0 aliphatic carbocycles. The summed E-state index contributed by atoms with van der Waals surface area (Å²) >= 11 is 6.00. The van der Waals surface area contributed by atoms with Crippen molar-refractivity contribution < 1.29 is 19.7 Å². The topological polar surface area (TPSA) is 97.8 Å². The van der Waals surface area contributed by atoms with Gasteiger partial charge in [-0.15, -0.1) is 0 Å². The SMILES string of the molecule is O=C(O)c1cnc2c(N3CCOCC3)cccc2c1Nc1cc(Cl)ccc1[O-]. The third kappa shape index (κ3) is 3.42. The van der Waals surface area contributed by atoms with Crippen molar-refractivity contribution in [2.75, 3.05) is 36.5 Å². The van der Waals surface area contributed by atoms with Crippen LogP contribution in [0.3, 0.4) is 0 Å². The minimum atomic E-state index is -1.14. The van der Waals surface area contributed by atoms with Crippen LogP contribution >= 0.6 is 11.6 Å². The maximum absolute atomic E-state index is 12.2. The molecule has 0 spiro atoms. The number of carboxylic acids is 1. The van der Waals surface area contributed by atoms with Gasteiger partial charge in [-0.2, -0.15) is 0 Å². The molecule has 3 aromatic rings. The van der Waals surface area contributed by atoms with Crippen molar-refractivity contribution in [3.05, 3.63) is 53.2 Å². The van der Waals surface area contributed by atoms with E-state index in [-0.39, 0.29) is 17.0 Å². The number of ether oxygens (including phenoxy) is 1. The van der Waals surface area contributed by atoms with Gasteiger partial charge in [0, 0.05) is 35.4 Å². The quantitative estimate of drug-likeness (QED) is 0.696. The fraction of sp³-hybridized carbons (Fsp3) is 0.200. The van der Waals surface area contributed by atoms with Gasteiger partial charge in [0.15, 0.2) is 0 Å². The monoisotopic (exact) mass is 398 g/mol. The second kappa shape index (κ2) is 7.53. The number of nitrogens with one attached hydrogen (secondary N) is 1. The van der Waals surface area contributed by atoms with Crippen LogP contribution in [0.2, 0.25) is 5.02 Å². The fourth-order valence-electron chi connectivity index (χ4n) is 3.30. The molecule has 2 heterocycles. The van der Waals surface area contributed by atoms with Gasteiger partial charge in [-0.05, 0) is 18.2 Å². The lowest BCUT2D eigenvalue weighted by Crippen LogP contribution is -2.36. The minimum Gasteiger partial charge on any atom is -0.871 e. The lowest BCUT2D eigenvalue weighted by Gasteiger charge is -2.29. The van der Waals surface area contributed by atoms with Crippen molar-refractivity contribution in [2.45, 2.75) is 0 Å². The summed E-state index contributed by atoms with van der Waals surface area (Å²) in [5, 5.41) is 25.8. The van der Waals surface area contributed by atoms with Crippen LogP contribution in [-0.2, 0) is 4.74 Å². The Bertz CT molecular complexity index is 1050. The lowest BCUT2D eigenvalue weighted by atomic mass is 10.1. The number of carboxylic acid groups (broad SMARTS) is 1. The normalized spacial score (nSPS) is 14.2. The first-order chi connectivity index (χ1) is 13.5. The summed E-state index contributed by atoms with van der Waals surface area (Å²) in [5.74, 6) is -1.42. The molecule has 1 fully saturated rings. The molecule has 2 N–H and O–H groups in total. The predicted octanol–water partition coefficient (Wildman–Crippen LogP) is 3.24. The molecular weight excluding hydrogens is 382 g/mol. The van der Waals surface area contributed by atoms with Crippen LogP contribution in [0.5, 0.6) is 5.75 Å². The zero-order valence-electron chi connectivity index (χ0n) is 14.8. The number of nitrogens with zero attached hydrogens (tertiary/aromatic N) is 2. The summed E-state index contributed by atoms with van der Waals surface area (Å²) in [5.41, 5.74) is 2.05. The predicted molar refractivity (Wildman–Crippen MR) is 106 cm³/mol. The van der Waals surface area contributed by atoms with E-state index in [2.05, 4.69) is 15.2 Å². The number of benzene rings is 2. The van der Waals surface area contributed by atoms with E-state index in [1.165, 1.54) is 24.4 Å². The van der Waals surface area contributed by atoms with E-state index in [1.807, 2.05) is 12.1 Å². The first-order valence-corrected chi connectivity index (χ1v) is 9.13. The van der Waals surface area contributed by atoms with Gasteiger partial charge in [0.2, 0.25) is 0 Å². The van der Waals surface area contributed by atoms with Crippen LogP contribution < -0.4 is 15.3 Å². The summed E-state index contributed by atoms with van der Waals surface area (Å²) < 4.78 is 5.41. The number of morpholine rings is 1. The van der Waals surface area contributed by atoms with Gasteiger partial charge in [-0.1, -0.05) is 35.5 Å². The molecule has 7 nitrogen and oxygen atoms in total. The zero-order valence-corrected chi connectivity index (χ0v) is 15.6. The number of rotatable bonds is 4. The number of aromatic nitrogens is 1. The van der Waals surface area contributed by atoms with Crippen molar-refractivity contribution >= 4 is 45.5 Å². The largest absolute Gasteiger partial charge is 0.871 e. The molecule has 1 aliphatic heterocycles. The van der Waals surface area contributed by atoms with Crippen molar-refractivity contribution in [3.63, 3.8) is 0 Å². The summed E-state index contributed by atoms with van der Waals surface area (Å²) in [6.07, 6.45) is 1.31. The van der Waals surface area contributed by atoms with Gasteiger partial charge in [-0.3, -0.25) is 4.98 Å². The highest BCUT2D eigenvalue weighted by molar-refractivity contribution is 6.31. The molecule has 144 valence electrons. The number of anilines is 3. The van der Waals surface area contributed by atoms with E-state index in [4.69, 9.17) is 16.3 Å². The Hall–Kier alpha value is -3.03. The van der Waals surface area contributed by atoms with E-state index in [0.29, 0.717) is 34.8 Å². The van der Waals surface area contributed by atoms with Crippen LogP contribution in [0.4, 0.5) is 17.1 Å². The number of hydrogen-bond donors (Lipinski definition) is 2. The Labute approximate surface area is 166 Å². The van der Waals surface area contributed by atoms with Crippen molar-refractivity contribution in [1.82, 2.24) is 4.98 Å². The number of pyridine rings is 1. The summed E-state index contributed by atoms with van der Waals surface area (Å²) in [7, 11) is 0. The Morgan fingerprint density at radius 1 is 1.25 bits per heavy atom. The average molecular weight is 399 g/mol. The smallest absolute Gasteiger partial charge is 0.339 e. The van der Waals surface area contributed by atoms with E-state index in [1.54, 1.807) is 6.07 Å². The van der Waals surface area contributed by atoms with Crippen LogP contribution in [0.1, 0.15) is 10.4 Å². The van der Waals surface area contributed by atoms with Crippen LogP contribution in [-0.4, -0.2) is 42.4 Å². The summed E-state index contributed by atoms with van der Waals surface area (Å²) in [4.78, 5) is 18.3. The molecule has 0 radical (unpaired) electrons. The van der Waals surface area contributed by atoms with Crippen molar-refractivity contribution in [1.29, 1.82) is 0 Å². The van der Waals surface area contributed by atoms with Gasteiger partial charge >= 0.3 is 5.97 Å². The maximum atomic E-state index is 12.2. The average Bonchev–Trinajstić information content (AvgIpc) is 2.71. The van der Waals surface area contributed by atoms with Gasteiger partial charge < -0.3 is 25.2 Å². The number of halogens is 1. The van der Waals surface area contributed by atoms with Crippen molar-refractivity contribution in [2.24, 2.45) is 0 Å². The fourth-order valence-corrected chi connectivity index (χ4v) is 3.47. The lowest BCUT2D eigenvalue weighted by molar-refractivity contribution is -0.267. The molecule has 0 amide bonds. The second-order valence-electron chi connectivity index (χ2n) is 6.39. The summed E-state index contributed by atoms with van der Waals surface area (Å²) in [6, 6.07) is 9.90. The molecule has 0 atom stereocenters. The molecule has 28 heavy (non-hydrogen) atoms. The third-order valence-electron chi connectivity index (χ3n) is 4.66. The molecule has 2 aromatic carbocycles. The Balaban J connectivity index is 1.88. The minimum absolute atomic E-state index is 0.0222. The highest BCUT2D eigenvalue weighted by Gasteiger charge is 2.20. The Kier molecular flexibility index (Phi) is 4.93. The zero-order chi connectivity index (χ0) is 19.7. The second-order valence-corrected chi connectivity index (χ2v) is 6.83. The van der Waals surface area contributed by atoms with E-state index in [9.17, 15) is 15.0 Å². The maximum Gasteiger partial charge on any atom is 0.339 e. The third-order valence-corrected chi connectivity index (χ3v) is 4.89. The molecule has 1 saturated heterocycles. The van der Waals surface area contributed by atoms with Gasteiger partial charge in [0.25, 0.3) is 0 Å². The molecule has 8 heteroatoms. The number of aromatic carboxylic acids is 1. The number of carbonyl (C=O) groups is 1. The van der Waals surface area contributed by atoms with Crippen LogP contribution in [0, 0.1) is 0 Å². The van der Waals surface area contributed by atoms with E-state index < -0.39 is 5.97 Å². The molecular formula is C20H17ClN3O4-. The van der Waals surface area contributed by atoms with Crippen LogP contribution in [0.15, 0.2) is 42.6 Å². The van der Waals surface area contributed by atoms with Gasteiger partial charge in [0.1, 0.15) is 5.56 Å². The highest BCUT2D eigenvalue weighted by Crippen LogP contribution is 2.36. The van der Waals surface area contributed by atoms with Crippen molar-refractivity contribution in [3.8, 4) is 5.75 Å². The Morgan fingerprint density at radius 3 is 2.79 bits per heavy atom. The first kappa shape index (κ1) is 18.3. The summed E-state index contributed by atoms with van der Waals surface area (Å²) in [6.45, 7) is 2.69. The molecule has 0 bridgehead atoms. The molecule has 0 saturated carbocycles.